The quantitative estimate of drug-likeness (QED) is 0.798. The summed E-state index contributed by atoms with van der Waals surface area (Å²) >= 11 is 0. The van der Waals surface area contributed by atoms with Crippen LogP contribution < -0.4 is 15.4 Å². The molecule has 2 N–H and O–H groups in total. The van der Waals surface area contributed by atoms with Gasteiger partial charge >= 0.3 is 6.03 Å². The number of methoxy groups -OCH3 is 1. The molecule has 1 atom stereocenters. The molecule has 24 heavy (non-hydrogen) atoms. The number of hydrogen-bond donors (Lipinski definition) is 2. The number of nitrogens with zero attached hydrogens (tertiary/aromatic N) is 1. The van der Waals surface area contributed by atoms with Crippen molar-refractivity contribution in [1.82, 2.24) is 15.5 Å². The first kappa shape index (κ1) is 19.9. The van der Waals surface area contributed by atoms with Gasteiger partial charge in [0.05, 0.1) is 13.2 Å². The van der Waals surface area contributed by atoms with E-state index in [-0.39, 0.29) is 5.75 Å². The topological polar surface area (TPSA) is 70.7 Å². The molecule has 0 saturated heterocycles. The van der Waals surface area contributed by atoms with Crippen molar-refractivity contribution in [3.63, 3.8) is 0 Å². The van der Waals surface area contributed by atoms with E-state index in [1.807, 2.05) is 13.8 Å². The monoisotopic (exact) mass is 339 g/mol. The molecule has 1 rings (SSSR count). The molecule has 7 heteroatoms. The van der Waals surface area contributed by atoms with Crippen LogP contribution in [0.2, 0.25) is 0 Å². The Kier molecular flexibility index (Phi) is 7.64. The molecule has 0 bridgehead atoms. The van der Waals surface area contributed by atoms with E-state index >= 15 is 0 Å². The number of benzene rings is 1. The van der Waals surface area contributed by atoms with Gasteiger partial charge in [-0.3, -0.25) is 15.0 Å². The molecule has 0 aliphatic carbocycles. The van der Waals surface area contributed by atoms with Crippen LogP contribution in [0.1, 0.15) is 26.3 Å². The van der Waals surface area contributed by atoms with Crippen LogP contribution in [0.25, 0.3) is 0 Å². The van der Waals surface area contributed by atoms with Gasteiger partial charge in [0.15, 0.2) is 11.6 Å². The average Bonchev–Trinajstić information content (AvgIpc) is 2.52. The summed E-state index contributed by atoms with van der Waals surface area (Å²) in [6, 6.07) is 3.60. The van der Waals surface area contributed by atoms with Crippen molar-refractivity contribution in [2.24, 2.45) is 5.92 Å². The Labute approximate surface area is 142 Å². The van der Waals surface area contributed by atoms with E-state index in [1.165, 1.54) is 13.2 Å². The van der Waals surface area contributed by atoms with E-state index in [0.29, 0.717) is 24.6 Å². The van der Waals surface area contributed by atoms with Crippen molar-refractivity contribution in [3.8, 4) is 5.75 Å². The number of imide groups is 1. The fourth-order valence-corrected chi connectivity index (χ4v) is 1.99. The first-order valence-electron chi connectivity index (χ1n) is 7.86. The minimum absolute atomic E-state index is 0.175. The summed E-state index contributed by atoms with van der Waals surface area (Å²) in [6.45, 7) is 6.47. The Morgan fingerprint density at radius 3 is 2.50 bits per heavy atom. The lowest BCUT2D eigenvalue weighted by atomic mass is 10.1. The summed E-state index contributed by atoms with van der Waals surface area (Å²) in [7, 11) is 3.14. The van der Waals surface area contributed by atoms with Gasteiger partial charge in [0.1, 0.15) is 0 Å². The molecule has 0 fully saturated rings. The van der Waals surface area contributed by atoms with Gasteiger partial charge in [-0.05, 0) is 37.6 Å². The van der Waals surface area contributed by atoms with Crippen molar-refractivity contribution >= 4 is 11.9 Å². The normalized spacial score (nSPS) is 12.2. The lowest BCUT2D eigenvalue weighted by Crippen LogP contribution is -2.48. The number of likely N-dealkylation sites (N-methyl/N-ethyl adjacent to an activating group) is 1. The number of nitrogens with one attached hydrogen (secondary N) is 2. The van der Waals surface area contributed by atoms with Crippen LogP contribution in [0, 0.1) is 11.7 Å². The fourth-order valence-electron chi connectivity index (χ4n) is 1.99. The highest BCUT2D eigenvalue weighted by Gasteiger charge is 2.20. The Morgan fingerprint density at radius 1 is 1.29 bits per heavy atom. The van der Waals surface area contributed by atoms with Gasteiger partial charge in [0.2, 0.25) is 5.91 Å². The molecule has 0 aliphatic heterocycles. The number of ether oxygens (including phenoxy) is 1. The maximum Gasteiger partial charge on any atom is 0.321 e. The van der Waals surface area contributed by atoms with Crippen molar-refractivity contribution in [3.05, 3.63) is 29.6 Å². The van der Waals surface area contributed by atoms with Gasteiger partial charge < -0.3 is 10.1 Å². The molecule has 1 aromatic rings. The van der Waals surface area contributed by atoms with Crippen molar-refractivity contribution in [2.45, 2.75) is 33.4 Å². The van der Waals surface area contributed by atoms with E-state index < -0.39 is 23.8 Å². The Morgan fingerprint density at radius 2 is 1.96 bits per heavy atom. The number of halogens is 1. The molecule has 0 spiro atoms. The minimum Gasteiger partial charge on any atom is -0.494 e. The molecule has 3 amide bonds. The highest BCUT2D eigenvalue weighted by molar-refractivity contribution is 5.96. The zero-order valence-electron chi connectivity index (χ0n) is 14.9. The molecule has 6 nitrogen and oxygen atoms in total. The number of urea groups is 1. The van der Waals surface area contributed by atoms with Crippen molar-refractivity contribution in [2.75, 3.05) is 20.7 Å². The zero-order valence-corrected chi connectivity index (χ0v) is 14.9. The summed E-state index contributed by atoms with van der Waals surface area (Å²) in [6.07, 6.45) is 0. The highest BCUT2D eigenvalue weighted by atomic mass is 19.1. The number of rotatable bonds is 7. The lowest BCUT2D eigenvalue weighted by molar-refractivity contribution is -0.124. The standard InChI is InChI=1S/C17H26FN3O3/c1-11(2)9-19-17(23)20-16(22)12(3)21(4)10-13-6-7-15(24-5)14(18)8-13/h6-8,11-12H,9-10H2,1-5H3,(H2,19,20,22,23). The molecular formula is C17H26FN3O3. The van der Waals surface area contributed by atoms with E-state index in [2.05, 4.69) is 10.6 Å². The molecule has 0 aromatic heterocycles. The second-order valence-electron chi connectivity index (χ2n) is 6.15. The second-order valence-corrected chi connectivity index (χ2v) is 6.15. The van der Waals surface area contributed by atoms with Gasteiger partial charge in [-0.25, -0.2) is 9.18 Å². The van der Waals surface area contributed by atoms with Gasteiger partial charge in [-0.2, -0.15) is 0 Å². The van der Waals surface area contributed by atoms with Gasteiger partial charge in [0.25, 0.3) is 0 Å². The smallest absolute Gasteiger partial charge is 0.321 e. The Balaban J connectivity index is 2.57. The van der Waals surface area contributed by atoms with Crippen LogP contribution in [-0.2, 0) is 11.3 Å². The summed E-state index contributed by atoms with van der Waals surface area (Å²) in [5.41, 5.74) is 0.708. The number of carbonyl (C=O) groups is 2. The minimum atomic E-state index is -0.542. The number of hydrogen-bond acceptors (Lipinski definition) is 4. The third-order valence-corrected chi connectivity index (χ3v) is 3.60. The lowest BCUT2D eigenvalue weighted by Gasteiger charge is -2.23. The van der Waals surface area contributed by atoms with Crippen LogP contribution in [0.4, 0.5) is 9.18 Å². The molecule has 1 unspecified atom stereocenters. The maximum atomic E-state index is 13.7. The van der Waals surface area contributed by atoms with Crippen LogP contribution in [-0.4, -0.2) is 43.6 Å². The van der Waals surface area contributed by atoms with Crippen LogP contribution in [0.5, 0.6) is 5.75 Å². The molecule has 0 aliphatic rings. The summed E-state index contributed by atoms with van der Waals surface area (Å²) in [5, 5.41) is 4.93. The van der Waals surface area contributed by atoms with Crippen LogP contribution in [0.3, 0.4) is 0 Å². The third kappa shape index (κ3) is 6.16. The number of carbonyl (C=O) groups excluding carboxylic acids is 2. The van der Waals surface area contributed by atoms with Gasteiger partial charge in [0, 0.05) is 13.1 Å². The number of amides is 3. The van der Waals surface area contributed by atoms with Crippen molar-refractivity contribution in [1.29, 1.82) is 0 Å². The Hall–Kier alpha value is -2.15. The highest BCUT2D eigenvalue weighted by Crippen LogP contribution is 2.18. The van der Waals surface area contributed by atoms with Gasteiger partial charge in [-0.15, -0.1) is 0 Å². The Bertz CT molecular complexity index is 578. The molecule has 0 heterocycles. The van der Waals surface area contributed by atoms with Crippen LogP contribution >= 0.6 is 0 Å². The summed E-state index contributed by atoms with van der Waals surface area (Å²) in [4.78, 5) is 25.5. The fraction of sp³-hybridized carbons (Fsp3) is 0.529. The predicted octanol–water partition coefficient (Wildman–Crippen LogP) is 2.14. The van der Waals surface area contributed by atoms with Crippen molar-refractivity contribution < 1.29 is 18.7 Å². The molecular weight excluding hydrogens is 313 g/mol. The van der Waals surface area contributed by atoms with E-state index in [9.17, 15) is 14.0 Å². The van der Waals surface area contributed by atoms with E-state index in [0.717, 1.165) is 0 Å². The molecule has 0 saturated carbocycles. The third-order valence-electron chi connectivity index (χ3n) is 3.60. The second kappa shape index (κ2) is 9.22. The molecule has 1 aromatic carbocycles. The average molecular weight is 339 g/mol. The summed E-state index contributed by atoms with van der Waals surface area (Å²) in [5.74, 6) is -0.383. The molecule has 0 radical (unpaired) electrons. The summed E-state index contributed by atoms with van der Waals surface area (Å²) < 4.78 is 18.6. The SMILES string of the molecule is COc1ccc(CN(C)C(C)C(=O)NC(=O)NCC(C)C)cc1F. The van der Waals surface area contributed by atoms with E-state index in [4.69, 9.17) is 4.74 Å². The molecule has 134 valence electrons. The largest absolute Gasteiger partial charge is 0.494 e. The zero-order chi connectivity index (χ0) is 18.3. The van der Waals surface area contributed by atoms with E-state index in [1.54, 1.807) is 31.0 Å². The predicted molar refractivity (Wildman–Crippen MR) is 90.3 cm³/mol. The maximum absolute atomic E-state index is 13.7. The van der Waals surface area contributed by atoms with Crippen LogP contribution in [0.15, 0.2) is 18.2 Å². The first-order chi connectivity index (χ1) is 11.2. The van der Waals surface area contributed by atoms with Gasteiger partial charge in [-0.1, -0.05) is 19.9 Å². The first-order valence-corrected chi connectivity index (χ1v) is 7.86.